The molecule has 0 bridgehead atoms. The van der Waals surface area contributed by atoms with E-state index in [9.17, 15) is 4.79 Å². The number of rotatable bonds is 5. The number of nitrogens with two attached hydrogens (primary N) is 1. The highest BCUT2D eigenvalue weighted by molar-refractivity contribution is 7.98. The maximum atomic E-state index is 11.2. The van der Waals surface area contributed by atoms with E-state index in [4.69, 9.17) is 45.3 Å². The van der Waals surface area contributed by atoms with E-state index >= 15 is 0 Å². The van der Waals surface area contributed by atoms with Crippen LogP contribution in [-0.4, -0.2) is 34.4 Å². The molecule has 0 aliphatic rings. The fraction of sp³-hybridized carbons (Fsp3) is 0.857. The lowest BCUT2D eigenvalue weighted by atomic mass is 10.2. The Bertz CT molecular complexity index is 186. The molecule has 14 heavy (non-hydrogen) atoms. The first-order valence-corrected chi connectivity index (χ1v) is 6.37. The number of carbonyl (C=O) groups excluding carboxylic acids is 1. The molecule has 0 aromatic heterocycles. The predicted molar refractivity (Wildman–Crippen MR) is 62.2 cm³/mol. The minimum Gasteiger partial charge on any atom is -0.460 e. The summed E-state index contributed by atoms with van der Waals surface area (Å²) in [5, 5.41) is 0. The molecule has 84 valence electrons. The molecule has 0 amide bonds. The van der Waals surface area contributed by atoms with Gasteiger partial charge in [-0.2, -0.15) is 11.8 Å². The summed E-state index contributed by atoms with van der Waals surface area (Å²) in [6, 6.07) is -0.644. The van der Waals surface area contributed by atoms with Crippen molar-refractivity contribution in [3.8, 4) is 0 Å². The van der Waals surface area contributed by atoms with E-state index in [1.54, 1.807) is 11.8 Å². The molecule has 0 aliphatic carbocycles. The van der Waals surface area contributed by atoms with Gasteiger partial charge < -0.3 is 10.5 Å². The molecule has 0 fully saturated rings. The van der Waals surface area contributed by atoms with Gasteiger partial charge in [-0.25, -0.2) is 0 Å². The molecule has 3 nitrogen and oxygen atoms in total. The molecular weight excluding hydrogens is 269 g/mol. The van der Waals surface area contributed by atoms with Crippen molar-refractivity contribution in [2.24, 2.45) is 5.73 Å². The molecule has 0 aliphatic heterocycles. The van der Waals surface area contributed by atoms with Crippen LogP contribution in [-0.2, 0) is 9.53 Å². The summed E-state index contributed by atoms with van der Waals surface area (Å²) in [6.07, 6.45) is 2.49. The van der Waals surface area contributed by atoms with Crippen LogP contribution in [0.3, 0.4) is 0 Å². The van der Waals surface area contributed by atoms with Crippen molar-refractivity contribution >= 4 is 52.5 Å². The zero-order valence-corrected chi connectivity index (χ0v) is 10.7. The Morgan fingerprint density at radius 1 is 1.57 bits per heavy atom. The summed E-state index contributed by atoms with van der Waals surface area (Å²) in [6.45, 7) is -0.274. The van der Waals surface area contributed by atoms with Gasteiger partial charge in [0.05, 0.1) is 0 Å². The molecule has 7 heteroatoms. The summed E-state index contributed by atoms with van der Waals surface area (Å²) < 4.78 is 3.12. The zero-order valence-electron chi connectivity index (χ0n) is 7.63. The van der Waals surface area contributed by atoms with E-state index in [-0.39, 0.29) is 6.61 Å². The minimum atomic E-state index is -1.57. The molecule has 0 heterocycles. The summed E-state index contributed by atoms with van der Waals surface area (Å²) >= 11 is 17.8. The second-order valence-corrected chi connectivity index (χ2v) is 6.11. The smallest absolute Gasteiger partial charge is 0.323 e. The fourth-order valence-electron chi connectivity index (χ4n) is 0.623. The van der Waals surface area contributed by atoms with Crippen LogP contribution in [0.15, 0.2) is 0 Å². The molecule has 0 saturated heterocycles. The molecule has 0 spiro atoms. The van der Waals surface area contributed by atoms with E-state index in [0.29, 0.717) is 6.42 Å². The topological polar surface area (TPSA) is 52.3 Å². The third-order valence-electron chi connectivity index (χ3n) is 1.31. The molecule has 0 aromatic carbocycles. The summed E-state index contributed by atoms with van der Waals surface area (Å²) in [5.74, 6) is 0.259. The van der Waals surface area contributed by atoms with E-state index in [1.807, 2.05) is 6.26 Å². The lowest BCUT2D eigenvalue weighted by Gasteiger charge is -2.14. The predicted octanol–water partition coefficient (Wildman–Crippen LogP) is 1.98. The van der Waals surface area contributed by atoms with Crippen molar-refractivity contribution in [2.75, 3.05) is 18.6 Å². The molecule has 0 aromatic rings. The first-order chi connectivity index (χ1) is 6.37. The number of carbonyl (C=O) groups is 1. The highest BCUT2D eigenvalue weighted by atomic mass is 35.6. The molecule has 0 rings (SSSR count). The lowest BCUT2D eigenvalue weighted by molar-refractivity contribution is -0.145. The number of ether oxygens (including phenoxy) is 1. The van der Waals surface area contributed by atoms with E-state index in [1.165, 1.54) is 0 Å². The quantitative estimate of drug-likeness (QED) is 0.618. The number of hydrogen-bond donors (Lipinski definition) is 1. The van der Waals surface area contributed by atoms with E-state index in [0.717, 1.165) is 5.75 Å². The number of hydrogen-bond acceptors (Lipinski definition) is 4. The van der Waals surface area contributed by atoms with Crippen molar-refractivity contribution in [2.45, 2.75) is 16.3 Å². The Labute approximate surface area is 103 Å². The second kappa shape index (κ2) is 7.01. The van der Waals surface area contributed by atoms with Gasteiger partial charge in [-0.3, -0.25) is 4.79 Å². The van der Waals surface area contributed by atoms with Crippen LogP contribution in [0, 0.1) is 0 Å². The van der Waals surface area contributed by atoms with Crippen molar-refractivity contribution in [3.63, 3.8) is 0 Å². The highest BCUT2D eigenvalue weighted by Crippen LogP contribution is 2.26. The normalized spacial score (nSPS) is 13.8. The third-order valence-corrected chi connectivity index (χ3v) is 2.29. The SMILES string of the molecule is CSCCC(N)C(=O)OCC(Cl)(Cl)Cl. The monoisotopic (exact) mass is 279 g/mol. The van der Waals surface area contributed by atoms with Gasteiger partial charge in [0.1, 0.15) is 12.6 Å². The van der Waals surface area contributed by atoms with Crippen LogP contribution < -0.4 is 5.73 Å². The van der Waals surface area contributed by atoms with Gasteiger partial charge in [0.2, 0.25) is 3.79 Å². The van der Waals surface area contributed by atoms with Gasteiger partial charge in [-0.15, -0.1) is 0 Å². The lowest BCUT2D eigenvalue weighted by Crippen LogP contribution is -2.34. The Morgan fingerprint density at radius 2 is 2.14 bits per heavy atom. The average molecular weight is 281 g/mol. The molecule has 1 atom stereocenters. The maximum Gasteiger partial charge on any atom is 0.323 e. The van der Waals surface area contributed by atoms with Crippen LogP contribution in [0.25, 0.3) is 0 Å². The van der Waals surface area contributed by atoms with Crippen molar-refractivity contribution in [3.05, 3.63) is 0 Å². The molecular formula is C7H12Cl3NO2S. The number of alkyl halides is 3. The van der Waals surface area contributed by atoms with Gasteiger partial charge in [0, 0.05) is 0 Å². The van der Waals surface area contributed by atoms with Crippen LogP contribution in [0.5, 0.6) is 0 Å². The number of halogens is 3. The maximum absolute atomic E-state index is 11.2. The zero-order chi connectivity index (χ0) is 11.2. The van der Waals surface area contributed by atoms with Crippen molar-refractivity contribution < 1.29 is 9.53 Å². The fourth-order valence-corrected chi connectivity index (χ4v) is 1.28. The van der Waals surface area contributed by atoms with Gasteiger partial charge in [0.25, 0.3) is 0 Å². The van der Waals surface area contributed by atoms with Gasteiger partial charge in [-0.1, -0.05) is 34.8 Å². The second-order valence-electron chi connectivity index (χ2n) is 2.61. The Morgan fingerprint density at radius 3 is 2.57 bits per heavy atom. The average Bonchev–Trinajstić information content (AvgIpc) is 2.09. The third kappa shape index (κ3) is 8.00. The van der Waals surface area contributed by atoms with Crippen molar-refractivity contribution in [1.29, 1.82) is 0 Å². The summed E-state index contributed by atoms with van der Waals surface area (Å²) in [4.78, 5) is 11.2. The Hall–Kier alpha value is 0.650. The molecule has 0 radical (unpaired) electrons. The largest absolute Gasteiger partial charge is 0.460 e. The van der Waals surface area contributed by atoms with Crippen LogP contribution in [0.4, 0.5) is 0 Å². The molecule has 1 unspecified atom stereocenters. The number of esters is 1. The number of thioether (sulfide) groups is 1. The van der Waals surface area contributed by atoms with Crippen LogP contribution in [0.1, 0.15) is 6.42 Å². The van der Waals surface area contributed by atoms with Crippen molar-refractivity contribution in [1.82, 2.24) is 0 Å². The van der Waals surface area contributed by atoms with E-state index in [2.05, 4.69) is 0 Å². The molecule has 2 N–H and O–H groups in total. The standard InChI is InChI=1S/C7H12Cl3NO2S/c1-14-3-2-5(11)6(12)13-4-7(8,9)10/h5H,2-4,11H2,1H3. The summed E-state index contributed by atoms with van der Waals surface area (Å²) in [5.41, 5.74) is 5.52. The van der Waals surface area contributed by atoms with Crippen LogP contribution >= 0.6 is 46.6 Å². The Balaban J connectivity index is 3.73. The van der Waals surface area contributed by atoms with Gasteiger partial charge >= 0.3 is 5.97 Å². The minimum absolute atomic E-state index is 0.274. The summed E-state index contributed by atoms with van der Waals surface area (Å²) in [7, 11) is 0. The van der Waals surface area contributed by atoms with Gasteiger partial charge in [0.15, 0.2) is 0 Å². The highest BCUT2D eigenvalue weighted by Gasteiger charge is 2.24. The first-order valence-electron chi connectivity index (χ1n) is 3.84. The van der Waals surface area contributed by atoms with Gasteiger partial charge in [-0.05, 0) is 18.4 Å². The Kier molecular flexibility index (Phi) is 7.34. The molecule has 0 saturated carbocycles. The van der Waals surface area contributed by atoms with E-state index < -0.39 is 15.8 Å². The first kappa shape index (κ1) is 14.6. The van der Waals surface area contributed by atoms with Crippen LogP contribution in [0.2, 0.25) is 0 Å².